The second-order valence-electron chi connectivity index (χ2n) is 2.68. The Hall–Kier alpha value is -1.56. The lowest BCUT2D eigenvalue weighted by Crippen LogP contribution is -2.00. The molecule has 1 aromatic carbocycles. The van der Waals surface area contributed by atoms with Crippen LogP contribution in [-0.4, -0.2) is 21.8 Å². The number of nitro groups is 1. The van der Waals surface area contributed by atoms with Gasteiger partial charge < -0.3 is 5.11 Å². The molecule has 0 aliphatic rings. The van der Waals surface area contributed by atoms with E-state index in [-0.39, 0.29) is 11.3 Å². The van der Waals surface area contributed by atoms with E-state index in [4.69, 9.17) is 5.11 Å². The summed E-state index contributed by atoms with van der Waals surface area (Å²) in [5.74, 6) is -0.424. The van der Waals surface area contributed by atoms with Crippen LogP contribution in [0, 0.1) is 10.1 Å². The first-order valence-electron chi connectivity index (χ1n) is 4.20. The average Bonchev–Trinajstić information content (AvgIpc) is 2.18. The highest BCUT2D eigenvalue weighted by molar-refractivity contribution is 7.99. The number of hydrogen-bond acceptors (Lipinski definition) is 4. The summed E-state index contributed by atoms with van der Waals surface area (Å²) in [5.41, 5.74) is -0.219. The van der Waals surface area contributed by atoms with Gasteiger partial charge in [0.05, 0.1) is 10.5 Å². The Bertz CT molecular complexity index is 405. The van der Waals surface area contributed by atoms with E-state index in [0.29, 0.717) is 4.90 Å². The van der Waals surface area contributed by atoms with Crippen LogP contribution in [0.2, 0.25) is 0 Å². The van der Waals surface area contributed by atoms with E-state index >= 15 is 0 Å². The first kappa shape index (κ1) is 11.5. The van der Waals surface area contributed by atoms with Crippen LogP contribution >= 0.6 is 11.8 Å². The Labute approximate surface area is 90.3 Å². The zero-order valence-corrected chi connectivity index (χ0v) is 8.78. The normalized spacial score (nSPS) is 9.93. The van der Waals surface area contributed by atoms with Crippen molar-refractivity contribution < 1.29 is 14.8 Å². The minimum Gasteiger partial charge on any atom is -0.478 e. The molecule has 0 heterocycles. The number of non-ortho nitro benzene ring substituents is 1. The number of hydrogen-bond donors (Lipinski definition) is 1. The molecule has 0 saturated carbocycles. The summed E-state index contributed by atoms with van der Waals surface area (Å²) in [6, 6.07) is 3.86. The van der Waals surface area contributed by atoms with E-state index in [1.165, 1.54) is 23.9 Å². The summed E-state index contributed by atoms with van der Waals surface area (Å²) >= 11 is 1.35. The van der Waals surface area contributed by atoms with Gasteiger partial charge in [-0.1, -0.05) is 6.92 Å². The molecule has 1 aromatic rings. The van der Waals surface area contributed by atoms with Gasteiger partial charge in [-0.2, -0.15) is 0 Å². The number of carbonyl (C=O) groups is 1. The Balaban J connectivity index is 3.20. The van der Waals surface area contributed by atoms with Gasteiger partial charge >= 0.3 is 5.97 Å². The third kappa shape index (κ3) is 2.69. The topological polar surface area (TPSA) is 80.4 Å². The molecule has 1 rings (SSSR count). The summed E-state index contributed by atoms with van der Waals surface area (Å²) in [6.07, 6.45) is 0. The molecule has 0 unspecified atom stereocenters. The molecular weight excluding hydrogens is 218 g/mol. The van der Waals surface area contributed by atoms with Crippen LogP contribution in [0.15, 0.2) is 23.1 Å². The fourth-order valence-electron chi connectivity index (χ4n) is 1.08. The van der Waals surface area contributed by atoms with Gasteiger partial charge in [-0.05, 0) is 11.8 Å². The van der Waals surface area contributed by atoms with E-state index in [0.717, 1.165) is 11.8 Å². The Kier molecular flexibility index (Phi) is 3.68. The van der Waals surface area contributed by atoms with E-state index in [1.807, 2.05) is 6.92 Å². The number of aromatic carboxylic acids is 1. The number of nitro benzene ring substituents is 1. The maximum Gasteiger partial charge on any atom is 0.337 e. The summed E-state index contributed by atoms with van der Waals surface area (Å²) in [7, 11) is 0. The number of benzene rings is 1. The van der Waals surface area contributed by atoms with Gasteiger partial charge in [0.15, 0.2) is 0 Å². The smallest absolute Gasteiger partial charge is 0.337 e. The zero-order valence-electron chi connectivity index (χ0n) is 7.97. The maximum absolute atomic E-state index is 10.8. The molecule has 0 spiro atoms. The van der Waals surface area contributed by atoms with Crippen molar-refractivity contribution in [2.24, 2.45) is 0 Å². The molecular formula is C9H9NO4S. The molecule has 80 valence electrons. The van der Waals surface area contributed by atoms with Crippen molar-refractivity contribution in [1.29, 1.82) is 0 Å². The maximum atomic E-state index is 10.8. The summed E-state index contributed by atoms with van der Waals surface area (Å²) in [6.45, 7) is 1.89. The van der Waals surface area contributed by atoms with E-state index in [9.17, 15) is 14.9 Å². The molecule has 0 radical (unpaired) electrons. The van der Waals surface area contributed by atoms with Crippen molar-refractivity contribution in [3.05, 3.63) is 33.9 Å². The van der Waals surface area contributed by atoms with E-state index < -0.39 is 10.9 Å². The fraction of sp³-hybridized carbons (Fsp3) is 0.222. The van der Waals surface area contributed by atoms with Gasteiger partial charge in [0.2, 0.25) is 0 Å². The molecule has 0 atom stereocenters. The molecule has 0 aliphatic heterocycles. The number of rotatable bonds is 4. The van der Waals surface area contributed by atoms with Crippen LogP contribution in [-0.2, 0) is 0 Å². The van der Waals surface area contributed by atoms with Gasteiger partial charge in [0.25, 0.3) is 5.69 Å². The first-order valence-corrected chi connectivity index (χ1v) is 5.19. The largest absolute Gasteiger partial charge is 0.478 e. The van der Waals surface area contributed by atoms with E-state index in [1.54, 1.807) is 0 Å². The fourth-order valence-corrected chi connectivity index (χ4v) is 1.86. The van der Waals surface area contributed by atoms with Crippen molar-refractivity contribution in [3.63, 3.8) is 0 Å². The lowest BCUT2D eigenvalue weighted by Gasteiger charge is -2.03. The average molecular weight is 227 g/mol. The number of nitrogens with zero attached hydrogens (tertiary/aromatic N) is 1. The molecule has 0 amide bonds. The summed E-state index contributed by atoms with van der Waals surface area (Å²) in [5, 5.41) is 19.3. The van der Waals surface area contributed by atoms with E-state index in [2.05, 4.69) is 0 Å². The highest BCUT2D eigenvalue weighted by Crippen LogP contribution is 2.26. The molecule has 1 N–H and O–H groups in total. The molecule has 0 saturated heterocycles. The van der Waals surface area contributed by atoms with Crippen LogP contribution in [0.5, 0.6) is 0 Å². The highest BCUT2D eigenvalue weighted by Gasteiger charge is 2.15. The molecule has 15 heavy (non-hydrogen) atoms. The van der Waals surface area contributed by atoms with Crippen molar-refractivity contribution >= 4 is 23.4 Å². The van der Waals surface area contributed by atoms with Gasteiger partial charge in [-0.15, -0.1) is 11.8 Å². The minimum absolute atomic E-state index is 0.0175. The zero-order chi connectivity index (χ0) is 11.4. The van der Waals surface area contributed by atoms with Crippen LogP contribution in [0.3, 0.4) is 0 Å². The van der Waals surface area contributed by atoms with Gasteiger partial charge in [-0.3, -0.25) is 10.1 Å². The SMILES string of the molecule is CCSc1ccc([N+](=O)[O-])cc1C(=O)O. The molecule has 0 fully saturated rings. The Morgan fingerprint density at radius 3 is 2.73 bits per heavy atom. The standard InChI is InChI=1S/C9H9NO4S/c1-2-15-8-4-3-6(10(13)14)5-7(8)9(11)12/h3-5H,2H2,1H3,(H,11,12). The Morgan fingerprint density at radius 1 is 1.60 bits per heavy atom. The van der Waals surface area contributed by atoms with Crippen LogP contribution in [0.1, 0.15) is 17.3 Å². The molecule has 6 heteroatoms. The van der Waals surface area contributed by atoms with Crippen molar-refractivity contribution in [2.45, 2.75) is 11.8 Å². The van der Waals surface area contributed by atoms with Crippen molar-refractivity contribution in [2.75, 3.05) is 5.75 Å². The lowest BCUT2D eigenvalue weighted by molar-refractivity contribution is -0.384. The van der Waals surface area contributed by atoms with Crippen LogP contribution < -0.4 is 0 Å². The Morgan fingerprint density at radius 2 is 2.27 bits per heavy atom. The number of carboxylic acid groups (broad SMARTS) is 1. The second kappa shape index (κ2) is 4.79. The predicted molar refractivity (Wildman–Crippen MR) is 56.5 cm³/mol. The minimum atomic E-state index is -1.14. The second-order valence-corrected chi connectivity index (χ2v) is 3.98. The van der Waals surface area contributed by atoms with Crippen molar-refractivity contribution in [1.82, 2.24) is 0 Å². The molecule has 0 aliphatic carbocycles. The lowest BCUT2D eigenvalue weighted by atomic mass is 10.2. The van der Waals surface area contributed by atoms with Crippen molar-refractivity contribution in [3.8, 4) is 0 Å². The van der Waals surface area contributed by atoms with Gasteiger partial charge in [0.1, 0.15) is 0 Å². The van der Waals surface area contributed by atoms with Gasteiger partial charge in [0, 0.05) is 17.0 Å². The monoisotopic (exact) mass is 227 g/mol. The summed E-state index contributed by atoms with van der Waals surface area (Å²) in [4.78, 5) is 21.2. The first-order chi connectivity index (χ1) is 7.06. The van der Waals surface area contributed by atoms with Crippen LogP contribution in [0.25, 0.3) is 0 Å². The highest BCUT2D eigenvalue weighted by atomic mass is 32.2. The van der Waals surface area contributed by atoms with Crippen LogP contribution in [0.4, 0.5) is 5.69 Å². The third-order valence-electron chi connectivity index (χ3n) is 1.70. The number of thioether (sulfide) groups is 1. The molecule has 0 aromatic heterocycles. The summed E-state index contributed by atoms with van der Waals surface area (Å²) < 4.78 is 0. The molecule has 5 nitrogen and oxygen atoms in total. The quantitative estimate of drug-likeness (QED) is 0.485. The van der Waals surface area contributed by atoms with Gasteiger partial charge in [-0.25, -0.2) is 4.79 Å². The number of carboxylic acids is 1. The third-order valence-corrected chi connectivity index (χ3v) is 2.66. The molecule has 0 bridgehead atoms. The predicted octanol–water partition coefficient (Wildman–Crippen LogP) is 2.41.